The fourth-order valence-corrected chi connectivity index (χ4v) is 2.29. The summed E-state index contributed by atoms with van der Waals surface area (Å²) in [6.45, 7) is 6.24. The van der Waals surface area contributed by atoms with Crippen molar-refractivity contribution in [3.8, 4) is 5.75 Å². The topological polar surface area (TPSA) is 160 Å². The van der Waals surface area contributed by atoms with Crippen LogP contribution in [0.15, 0.2) is 29.4 Å². The number of azide groups is 1. The molecule has 2 amide bonds. The number of carbonyl (C=O) groups excluding carboxylic acids is 2. The van der Waals surface area contributed by atoms with Crippen LogP contribution in [0.4, 0.5) is 4.79 Å². The van der Waals surface area contributed by atoms with E-state index in [0.717, 1.165) is 4.90 Å². The van der Waals surface area contributed by atoms with Crippen molar-refractivity contribution < 1.29 is 38.4 Å². The summed E-state index contributed by atoms with van der Waals surface area (Å²) >= 11 is 0. The Kier molecular flexibility index (Phi) is 11.0. The first-order chi connectivity index (χ1) is 15.1. The van der Waals surface area contributed by atoms with Crippen molar-refractivity contribution in [1.82, 2.24) is 4.90 Å². The zero-order valence-corrected chi connectivity index (χ0v) is 18.5. The number of hydrogen-bond acceptors (Lipinski definition) is 8. The van der Waals surface area contributed by atoms with E-state index in [9.17, 15) is 14.4 Å². The number of imide groups is 1. The molecule has 1 aromatic carbocycles. The number of ether oxygens (including phenoxy) is 4. The average molecular weight is 452 g/mol. The molecular weight excluding hydrogens is 424 g/mol. The van der Waals surface area contributed by atoms with Crippen LogP contribution >= 0.6 is 0 Å². The second kappa shape index (κ2) is 13.2. The normalized spacial score (nSPS) is 11.8. The van der Waals surface area contributed by atoms with Crippen LogP contribution in [0.2, 0.25) is 0 Å². The van der Waals surface area contributed by atoms with E-state index in [0.29, 0.717) is 5.75 Å². The molecule has 0 fully saturated rings. The molecular formula is C20H28N4O8. The molecule has 12 nitrogen and oxygen atoms in total. The SMILES string of the molecule is CCN(C(=O)OC(C)(C)C)C(=O)c1cccc(OCC(N=[N+]=[N-])OCCOCC(=O)O)c1. The van der Waals surface area contributed by atoms with Gasteiger partial charge in [0, 0.05) is 17.0 Å². The van der Waals surface area contributed by atoms with Crippen LogP contribution in [0.25, 0.3) is 10.4 Å². The molecule has 0 radical (unpaired) electrons. The standard InChI is InChI=1S/C20H28N4O8/c1-5-24(19(28)32-20(2,3)4)18(27)14-7-6-8-15(11-14)31-12-16(22-23-21)30-10-9-29-13-17(25)26/h6-8,11,16H,5,9-10,12-13H2,1-4H3,(H,25,26). The Balaban J connectivity index is 2.73. The average Bonchev–Trinajstić information content (AvgIpc) is 2.70. The number of carbonyl (C=O) groups is 3. The third-order valence-electron chi connectivity index (χ3n) is 3.59. The molecule has 0 saturated heterocycles. The van der Waals surface area contributed by atoms with E-state index in [1.54, 1.807) is 39.8 Å². The highest BCUT2D eigenvalue weighted by Gasteiger charge is 2.27. The minimum absolute atomic E-state index is 0.00868. The number of aliphatic carboxylic acids is 1. The fraction of sp³-hybridized carbons (Fsp3) is 0.550. The third-order valence-corrected chi connectivity index (χ3v) is 3.59. The Morgan fingerprint density at radius 1 is 1.25 bits per heavy atom. The van der Waals surface area contributed by atoms with Crippen LogP contribution in [0, 0.1) is 0 Å². The Morgan fingerprint density at radius 3 is 2.56 bits per heavy atom. The number of carboxylic acids is 1. The van der Waals surface area contributed by atoms with Crippen LogP contribution < -0.4 is 4.74 Å². The van der Waals surface area contributed by atoms with E-state index in [1.807, 2.05) is 0 Å². The summed E-state index contributed by atoms with van der Waals surface area (Å²) in [5.74, 6) is -1.37. The summed E-state index contributed by atoms with van der Waals surface area (Å²) in [5.41, 5.74) is 8.13. The van der Waals surface area contributed by atoms with Gasteiger partial charge < -0.3 is 24.1 Å². The summed E-state index contributed by atoms with van der Waals surface area (Å²) in [7, 11) is 0. The van der Waals surface area contributed by atoms with Crippen molar-refractivity contribution in [3.05, 3.63) is 40.3 Å². The van der Waals surface area contributed by atoms with E-state index in [-0.39, 0.29) is 31.9 Å². The number of carboxylic acid groups (broad SMARTS) is 1. The maximum Gasteiger partial charge on any atom is 0.417 e. The lowest BCUT2D eigenvalue weighted by atomic mass is 10.2. The van der Waals surface area contributed by atoms with Gasteiger partial charge in [-0.15, -0.1) is 0 Å². The largest absolute Gasteiger partial charge is 0.491 e. The van der Waals surface area contributed by atoms with Crippen LogP contribution in [0.3, 0.4) is 0 Å². The molecule has 1 aromatic rings. The highest BCUT2D eigenvalue weighted by Crippen LogP contribution is 2.18. The van der Waals surface area contributed by atoms with E-state index < -0.39 is 36.4 Å². The predicted molar refractivity (Wildman–Crippen MR) is 112 cm³/mol. The molecule has 0 spiro atoms. The van der Waals surface area contributed by atoms with Crippen LogP contribution in [-0.2, 0) is 19.0 Å². The quantitative estimate of drug-likeness (QED) is 0.219. The minimum Gasteiger partial charge on any atom is -0.491 e. The Labute approximate surface area is 185 Å². The molecule has 0 saturated carbocycles. The molecule has 1 rings (SSSR count). The second-order valence-corrected chi connectivity index (χ2v) is 7.35. The maximum atomic E-state index is 12.8. The molecule has 1 unspecified atom stereocenters. The molecule has 0 aliphatic carbocycles. The molecule has 0 bridgehead atoms. The van der Waals surface area contributed by atoms with Crippen molar-refractivity contribution >= 4 is 18.0 Å². The number of rotatable bonds is 12. The van der Waals surface area contributed by atoms with E-state index in [1.165, 1.54) is 12.1 Å². The molecule has 32 heavy (non-hydrogen) atoms. The van der Waals surface area contributed by atoms with Gasteiger partial charge in [0.25, 0.3) is 5.91 Å². The van der Waals surface area contributed by atoms with Crippen molar-refractivity contribution in [2.75, 3.05) is 33.0 Å². The lowest BCUT2D eigenvalue weighted by Crippen LogP contribution is -2.40. The van der Waals surface area contributed by atoms with Gasteiger partial charge in [-0.2, -0.15) is 0 Å². The first kappa shape index (κ1) is 26.7. The number of benzene rings is 1. The van der Waals surface area contributed by atoms with Gasteiger partial charge in [0.2, 0.25) is 0 Å². The molecule has 0 aliphatic heterocycles. The van der Waals surface area contributed by atoms with Crippen LogP contribution in [0.1, 0.15) is 38.1 Å². The number of nitrogens with zero attached hydrogens (tertiary/aromatic N) is 4. The molecule has 0 heterocycles. The van der Waals surface area contributed by atoms with E-state index >= 15 is 0 Å². The molecule has 1 N–H and O–H groups in total. The van der Waals surface area contributed by atoms with Gasteiger partial charge >= 0.3 is 12.1 Å². The zero-order valence-electron chi connectivity index (χ0n) is 18.5. The Hall–Kier alpha value is -3.34. The summed E-state index contributed by atoms with van der Waals surface area (Å²) < 4.78 is 20.9. The lowest BCUT2D eigenvalue weighted by Gasteiger charge is -2.25. The summed E-state index contributed by atoms with van der Waals surface area (Å²) in [6, 6.07) is 6.14. The molecule has 12 heteroatoms. The summed E-state index contributed by atoms with van der Waals surface area (Å²) in [5, 5.41) is 12.0. The summed E-state index contributed by atoms with van der Waals surface area (Å²) in [4.78, 5) is 39.1. The van der Waals surface area contributed by atoms with E-state index in [2.05, 4.69) is 10.0 Å². The molecule has 176 valence electrons. The Morgan fingerprint density at radius 2 is 1.97 bits per heavy atom. The minimum atomic E-state index is -1.11. The van der Waals surface area contributed by atoms with Crippen molar-refractivity contribution in [2.45, 2.75) is 39.5 Å². The van der Waals surface area contributed by atoms with Crippen molar-refractivity contribution in [1.29, 1.82) is 0 Å². The number of hydrogen-bond donors (Lipinski definition) is 1. The first-order valence-electron chi connectivity index (χ1n) is 9.80. The third kappa shape index (κ3) is 10.1. The number of amides is 2. The van der Waals surface area contributed by atoms with Gasteiger partial charge in [0.15, 0.2) is 6.23 Å². The summed E-state index contributed by atoms with van der Waals surface area (Å²) in [6.07, 6.45) is -1.75. The van der Waals surface area contributed by atoms with Gasteiger partial charge in [0.05, 0.1) is 13.2 Å². The highest BCUT2D eigenvalue weighted by atomic mass is 16.6. The Bertz CT molecular complexity index is 833. The fourth-order valence-electron chi connectivity index (χ4n) is 2.29. The van der Waals surface area contributed by atoms with Gasteiger partial charge in [-0.25, -0.2) is 14.5 Å². The van der Waals surface area contributed by atoms with Crippen molar-refractivity contribution in [3.63, 3.8) is 0 Å². The molecule has 0 aliphatic rings. The highest BCUT2D eigenvalue weighted by molar-refractivity contribution is 6.03. The van der Waals surface area contributed by atoms with Gasteiger partial charge in [0.1, 0.15) is 24.6 Å². The first-order valence-corrected chi connectivity index (χ1v) is 9.80. The van der Waals surface area contributed by atoms with Gasteiger partial charge in [-0.1, -0.05) is 11.2 Å². The van der Waals surface area contributed by atoms with Gasteiger partial charge in [-0.3, -0.25) is 4.79 Å². The predicted octanol–water partition coefficient (Wildman–Crippen LogP) is 3.22. The molecule has 1 atom stereocenters. The van der Waals surface area contributed by atoms with Crippen LogP contribution in [-0.4, -0.2) is 72.8 Å². The maximum absolute atomic E-state index is 12.8. The zero-order chi connectivity index (χ0) is 24.1. The molecule has 0 aromatic heterocycles. The lowest BCUT2D eigenvalue weighted by molar-refractivity contribution is -0.143. The van der Waals surface area contributed by atoms with Crippen LogP contribution in [0.5, 0.6) is 5.75 Å². The van der Waals surface area contributed by atoms with E-state index in [4.69, 9.17) is 29.6 Å². The second-order valence-electron chi connectivity index (χ2n) is 7.35. The monoisotopic (exact) mass is 452 g/mol. The van der Waals surface area contributed by atoms with Gasteiger partial charge in [-0.05, 0) is 51.4 Å². The van der Waals surface area contributed by atoms with Crippen molar-refractivity contribution in [2.24, 2.45) is 5.11 Å². The smallest absolute Gasteiger partial charge is 0.417 e.